The number of rotatable bonds is 8. The third-order valence-electron chi connectivity index (χ3n) is 2.26. The predicted molar refractivity (Wildman–Crippen MR) is 59.3 cm³/mol. The molecular weight excluding hydrogens is 192 g/mol. The molecule has 0 fully saturated rings. The summed E-state index contributed by atoms with van der Waals surface area (Å²) >= 11 is 0. The molecule has 1 N–H and O–H groups in total. The molecule has 1 aliphatic rings. The molecule has 0 bridgehead atoms. The highest BCUT2D eigenvalue weighted by molar-refractivity contribution is 5.05. The standard InChI is InChI=1S/C12H20O3/c13-9-5-2-1-3-6-10-14-12-8-4-7-11-15-12/h4,7-8,11-13H,1-3,5-6,9-10H2/t12-/m0/s1. The van der Waals surface area contributed by atoms with Gasteiger partial charge in [-0.15, -0.1) is 0 Å². The summed E-state index contributed by atoms with van der Waals surface area (Å²) in [4.78, 5) is 0. The van der Waals surface area contributed by atoms with Gasteiger partial charge in [0.1, 0.15) is 0 Å². The van der Waals surface area contributed by atoms with Gasteiger partial charge in [-0.05, 0) is 25.0 Å². The van der Waals surface area contributed by atoms with Crippen molar-refractivity contribution in [2.45, 2.75) is 38.4 Å². The Hall–Kier alpha value is -0.800. The molecule has 0 aromatic carbocycles. The molecule has 86 valence electrons. The minimum atomic E-state index is -0.201. The number of hydrogen-bond acceptors (Lipinski definition) is 3. The maximum Gasteiger partial charge on any atom is 0.219 e. The van der Waals surface area contributed by atoms with Crippen molar-refractivity contribution in [2.75, 3.05) is 13.2 Å². The maximum atomic E-state index is 8.58. The predicted octanol–water partition coefficient (Wildman–Crippen LogP) is 2.37. The third kappa shape index (κ3) is 6.31. The molecule has 0 saturated carbocycles. The molecule has 1 rings (SSSR count). The van der Waals surface area contributed by atoms with Gasteiger partial charge >= 0.3 is 0 Å². The number of allylic oxidation sites excluding steroid dienone is 2. The molecule has 0 aromatic rings. The lowest BCUT2D eigenvalue weighted by atomic mass is 10.1. The highest BCUT2D eigenvalue weighted by Gasteiger charge is 2.04. The van der Waals surface area contributed by atoms with Crippen LogP contribution in [0.4, 0.5) is 0 Å². The monoisotopic (exact) mass is 212 g/mol. The smallest absolute Gasteiger partial charge is 0.219 e. The van der Waals surface area contributed by atoms with Crippen LogP contribution in [0.3, 0.4) is 0 Å². The van der Waals surface area contributed by atoms with Crippen molar-refractivity contribution in [1.29, 1.82) is 0 Å². The minimum Gasteiger partial charge on any atom is -0.469 e. The molecule has 3 heteroatoms. The van der Waals surface area contributed by atoms with E-state index < -0.39 is 0 Å². The maximum absolute atomic E-state index is 8.58. The van der Waals surface area contributed by atoms with Crippen LogP contribution in [0.5, 0.6) is 0 Å². The summed E-state index contributed by atoms with van der Waals surface area (Å²) in [7, 11) is 0. The van der Waals surface area contributed by atoms with Crippen LogP contribution in [0.2, 0.25) is 0 Å². The van der Waals surface area contributed by atoms with Gasteiger partial charge in [0.25, 0.3) is 0 Å². The highest BCUT2D eigenvalue weighted by Crippen LogP contribution is 2.07. The first kappa shape index (κ1) is 12.3. The van der Waals surface area contributed by atoms with Crippen LogP contribution >= 0.6 is 0 Å². The zero-order valence-electron chi connectivity index (χ0n) is 9.10. The van der Waals surface area contributed by atoms with Crippen LogP contribution in [0.1, 0.15) is 32.1 Å². The Kier molecular flexibility index (Phi) is 6.96. The van der Waals surface area contributed by atoms with Crippen LogP contribution in [-0.2, 0) is 9.47 Å². The van der Waals surface area contributed by atoms with Crippen molar-refractivity contribution in [1.82, 2.24) is 0 Å². The first-order chi connectivity index (χ1) is 7.43. The van der Waals surface area contributed by atoms with E-state index in [1.807, 2.05) is 18.2 Å². The molecule has 1 heterocycles. The Morgan fingerprint density at radius 3 is 2.60 bits per heavy atom. The Bertz CT molecular complexity index is 199. The molecule has 0 aliphatic carbocycles. The Balaban J connectivity index is 1.84. The second-order valence-corrected chi connectivity index (χ2v) is 3.58. The van der Waals surface area contributed by atoms with E-state index in [4.69, 9.17) is 14.6 Å². The summed E-state index contributed by atoms with van der Waals surface area (Å²) in [5, 5.41) is 8.58. The molecular formula is C12H20O3. The van der Waals surface area contributed by atoms with Crippen molar-refractivity contribution >= 4 is 0 Å². The van der Waals surface area contributed by atoms with E-state index in [9.17, 15) is 0 Å². The number of hydrogen-bond donors (Lipinski definition) is 1. The van der Waals surface area contributed by atoms with Gasteiger partial charge in [0.2, 0.25) is 6.29 Å². The summed E-state index contributed by atoms with van der Waals surface area (Å²) in [6.45, 7) is 1.05. The lowest BCUT2D eigenvalue weighted by Gasteiger charge is -2.15. The van der Waals surface area contributed by atoms with Gasteiger partial charge in [-0.3, -0.25) is 0 Å². The van der Waals surface area contributed by atoms with Gasteiger partial charge in [0.15, 0.2) is 0 Å². The summed E-state index contributed by atoms with van der Waals surface area (Å²) in [6.07, 6.45) is 12.5. The second-order valence-electron chi connectivity index (χ2n) is 3.58. The van der Waals surface area contributed by atoms with Crippen LogP contribution < -0.4 is 0 Å². The summed E-state index contributed by atoms with van der Waals surface area (Å²) in [5.74, 6) is 0. The summed E-state index contributed by atoms with van der Waals surface area (Å²) in [5.41, 5.74) is 0. The van der Waals surface area contributed by atoms with E-state index in [2.05, 4.69) is 0 Å². The Morgan fingerprint density at radius 1 is 1.07 bits per heavy atom. The molecule has 1 atom stereocenters. The van der Waals surface area contributed by atoms with Crippen molar-refractivity contribution < 1.29 is 14.6 Å². The second kappa shape index (κ2) is 8.50. The molecule has 0 unspecified atom stereocenters. The fourth-order valence-corrected chi connectivity index (χ4v) is 1.41. The zero-order valence-corrected chi connectivity index (χ0v) is 9.10. The van der Waals surface area contributed by atoms with Crippen molar-refractivity contribution in [2.24, 2.45) is 0 Å². The van der Waals surface area contributed by atoms with E-state index >= 15 is 0 Å². The van der Waals surface area contributed by atoms with Crippen LogP contribution in [-0.4, -0.2) is 24.6 Å². The lowest BCUT2D eigenvalue weighted by molar-refractivity contribution is -0.0750. The quantitative estimate of drug-likeness (QED) is 0.628. The topological polar surface area (TPSA) is 38.7 Å². The highest BCUT2D eigenvalue weighted by atomic mass is 16.7. The molecule has 3 nitrogen and oxygen atoms in total. The van der Waals surface area contributed by atoms with E-state index in [1.165, 1.54) is 6.42 Å². The minimum absolute atomic E-state index is 0.201. The first-order valence-corrected chi connectivity index (χ1v) is 5.65. The number of aliphatic hydroxyl groups is 1. The largest absolute Gasteiger partial charge is 0.469 e. The van der Waals surface area contributed by atoms with Crippen LogP contribution in [0.25, 0.3) is 0 Å². The van der Waals surface area contributed by atoms with Crippen LogP contribution in [0, 0.1) is 0 Å². The molecule has 0 radical (unpaired) electrons. The summed E-state index contributed by atoms with van der Waals surface area (Å²) in [6, 6.07) is 0. The first-order valence-electron chi connectivity index (χ1n) is 5.65. The van der Waals surface area contributed by atoms with Gasteiger partial charge in [0, 0.05) is 6.61 Å². The normalized spacial score (nSPS) is 19.1. The van der Waals surface area contributed by atoms with Crippen molar-refractivity contribution in [3.8, 4) is 0 Å². The van der Waals surface area contributed by atoms with Gasteiger partial charge in [-0.1, -0.05) is 25.3 Å². The van der Waals surface area contributed by atoms with Crippen molar-refractivity contribution in [3.05, 3.63) is 24.5 Å². The molecule has 0 saturated heterocycles. The fourth-order valence-electron chi connectivity index (χ4n) is 1.41. The Morgan fingerprint density at radius 2 is 1.87 bits per heavy atom. The molecule has 0 spiro atoms. The van der Waals surface area contributed by atoms with Gasteiger partial charge in [-0.2, -0.15) is 0 Å². The van der Waals surface area contributed by atoms with E-state index in [0.717, 1.165) is 32.3 Å². The Labute approximate surface area is 91.4 Å². The number of aliphatic hydroxyl groups excluding tert-OH is 1. The van der Waals surface area contributed by atoms with Gasteiger partial charge < -0.3 is 14.6 Å². The molecule has 1 aliphatic heterocycles. The molecule has 0 amide bonds. The third-order valence-corrected chi connectivity index (χ3v) is 2.26. The van der Waals surface area contributed by atoms with Gasteiger partial charge in [0.05, 0.1) is 12.9 Å². The number of unbranched alkanes of at least 4 members (excludes halogenated alkanes) is 4. The average molecular weight is 212 g/mol. The summed E-state index contributed by atoms with van der Waals surface area (Å²) < 4.78 is 10.7. The lowest BCUT2D eigenvalue weighted by Crippen LogP contribution is -2.13. The van der Waals surface area contributed by atoms with E-state index in [0.29, 0.717) is 6.61 Å². The van der Waals surface area contributed by atoms with Gasteiger partial charge in [-0.25, -0.2) is 0 Å². The number of ether oxygens (including phenoxy) is 2. The van der Waals surface area contributed by atoms with Crippen LogP contribution in [0.15, 0.2) is 24.5 Å². The average Bonchev–Trinajstić information content (AvgIpc) is 2.29. The van der Waals surface area contributed by atoms with Crippen molar-refractivity contribution in [3.63, 3.8) is 0 Å². The zero-order chi connectivity index (χ0) is 10.8. The van der Waals surface area contributed by atoms with E-state index in [1.54, 1.807) is 6.26 Å². The molecule has 0 aromatic heterocycles. The SMILES string of the molecule is OCCCCCCCO[C@@H]1C=CC=CO1. The van der Waals surface area contributed by atoms with E-state index in [-0.39, 0.29) is 6.29 Å². The molecule has 15 heavy (non-hydrogen) atoms. The fraction of sp³-hybridized carbons (Fsp3) is 0.667.